The average molecular weight is 411 g/mol. The molecule has 0 radical (unpaired) electrons. The zero-order valence-corrected chi connectivity index (χ0v) is 17.6. The maximum atomic E-state index is 12.9. The first-order chi connectivity index (χ1) is 14.6. The summed E-state index contributed by atoms with van der Waals surface area (Å²) in [5.41, 5.74) is 0.955. The molecule has 1 aliphatic carbocycles. The van der Waals surface area contributed by atoms with Crippen molar-refractivity contribution >= 4 is 17.5 Å². The number of nitrogens with one attached hydrogen (secondary N) is 2. The number of amides is 2. The van der Waals surface area contributed by atoms with Gasteiger partial charge < -0.3 is 20.1 Å². The van der Waals surface area contributed by atoms with Crippen molar-refractivity contribution < 1.29 is 19.1 Å². The Labute approximate surface area is 178 Å². The molecular weight excluding hydrogens is 380 g/mol. The van der Waals surface area contributed by atoms with E-state index in [1.807, 2.05) is 19.1 Å². The molecule has 1 atom stereocenters. The van der Waals surface area contributed by atoms with Crippen molar-refractivity contribution in [2.75, 3.05) is 12.4 Å². The van der Waals surface area contributed by atoms with E-state index in [-0.39, 0.29) is 17.9 Å². The number of hydrogen-bond donors (Lipinski definition) is 2. The summed E-state index contributed by atoms with van der Waals surface area (Å²) in [6.07, 6.45) is 5.32. The van der Waals surface area contributed by atoms with E-state index in [1.54, 1.807) is 43.5 Å². The number of benzene rings is 2. The van der Waals surface area contributed by atoms with E-state index in [0.717, 1.165) is 25.7 Å². The van der Waals surface area contributed by atoms with E-state index >= 15 is 0 Å². The lowest BCUT2D eigenvalue weighted by atomic mass is 9.95. The highest BCUT2D eigenvalue weighted by Crippen LogP contribution is 2.23. The van der Waals surface area contributed by atoms with Crippen LogP contribution in [0.25, 0.3) is 0 Å². The molecule has 0 aliphatic heterocycles. The maximum Gasteiger partial charge on any atom is 0.265 e. The summed E-state index contributed by atoms with van der Waals surface area (Å²) >= 11 is 0. The van der Waals surface area contributed by atoms with Crippen LogP contribution in [0.3, 0.4) is 0 Å². The van der Waals surface area contributed by atoms with Crippen LogP contribution in [0.2, 0.25) is 0 Å². The third-order valence-corrected chi connectivity index (χ3v) is 5.35. The number of carbonyl (C=O) groups excluding carboxylic acids is 2. The van der Waals surface area contributed by atoms with Crippen LogP contribution >= 0.6 is 0 Å². The molecule has 2 aromatic carbocycles. The number of hydrogen-bond acceptors (Lipinski definition) is 4. The number of rotatable bonds is 8. The summed E-state index contributed by atoms with van der Waals surface area (Å²) in [6, 6.07) is 14.4. The monoisotopic (exact) mass is 410 g/mol. The van der Waals surface area contributed by atoms with Crippen molar-refractivity contribution in [2.24, 2.45) is 0 Å². The summed E-state index contributed by atoms with van der Waals surface area (Å²) in [7, 11) is 1.58. The summed E-state index contributed by atoms with van der Waals surface area (Å²) in [6.45, 7) is 1.88. The van der Waals surface area contributed by atoms with Crippen LogP contribution in [0.5, 0.6) is 11.5 Å². The lowest BCUT2D eigenvalue weighted by Crippen LogP contribution is -2.37. The van der Waals surface area contributed by atoms with Gasteiger partial charge in [-0.3, -0.25) is 9.59 Å². The third kappa shape index (κ3) is 5.75. The van der Waals surface area contributed by atoms with Crippen molar-refractivity contribution in [3.63, 3.8) is 0 Å². The van der Waals surface area contributed by atoms with E-state index in [2.05, 4.69) is 10.6 Å². The Morgan fingerprint density at radius 2 is 1.77 bits per heavy atom. The molecule has 0 bridgehead atoms. The van der Waals surface area contributed by atoms with Gasteiger partial charge in [-0.1, -0.05) is 44.4 Å². The molecule has 2 N–H and O–H groups in total. The molecule has 1 fully saturated rings. The van der Waals surface area contributed by atoms with Gasteiger partial charge in [0.1, 0.15) is 11.5 Å². The molecular formula is C24H30N2O4. The maximum absolute atomic E-state index is 12.9. The fraction of sp³-hybridized carbons (Fsp3) is 0.417. The molecule has 3 rings (SSSR count). The predicted octanol–water partition coefficient (Wildman–Crippen LogP) is 4.55. The average Bonchev–Trinajstić information content (AvgIpc) is 2.78. The van der Waals surface area contributed by atoms with E-state index in [4.69, 9.17) is 9.47 Å². The molecule has 160 valence electrons. The fourth-order valence-corrected chi connectivity index (χ4v) is 3.67. The molecule has 0 aromatic heterocycles. The minimum Gasteiger partial charge on any atom is -0.497 e. The first kappa shape index (κ1) is 21.7. The highest BCUT2D eigenvalue weighted by atomic mass is 16.5. The Bertz CT molecular complexity index is 862. The third-order valence-electron chi connectivity index (χ3n) is 5.35. The number of para-hydroxylation sites is 1. The quantitative estimate of drug-likeness (QED) is 0.669. The highest BCUT2D eigenvalue weighted by molar-refractivity contribution is 6.04. The summed E-state index contributed by atoms with van der Waals surface area (Å²) in [4.78, 5) is 25.7. The lowest BCUT2D eigenvalue weighted by molar-refractivity contribution is -0.122. The molecule has 0 spiro atoms. The fourth-order valence-electron chi connectivity index (χ4n) is 3.67. The molecule has 30 heavy (non-hydrogen) atoms. The van der Waals surface area contributed by atoms with Crippen LogP contribution in [0, 0.1) is 0 Å². The first-order valence-electron chi connectivity index (χ1n) is 10.6. The van der Waals surface area contributed by atoms with Gasteiger partial charge in [0.15, 0.2) is 6.10 Å². The van der Waals surface area contributed by atoms with Gasteiger partial charge in [0.25, 0.3) is 11.8 Å². The molecule has 6 heteroatoms. The highest BCUT2D eigenvalue weighted by Gasteiger charge is 2.22. The van der Waals surface area contributed by atoms with E-state index in [0.29, 0.717) is 29.2 Å². The smallest absolute Gasteiger partial charge is 0.265 e. The van der Waals surface area contributed by atoms with Gasteiger partial charge in [-0.25, -0.2) is 0 Å². The van der Waals surface area contributed by atoms with Crippen LogP contribution in [0.15, 0.2) is 48.5 Å². The Morgan fingerprint density at radius 3 is 2.50 bits per heavy atom. The first-order valence-corrected chi connectivity index (χ1v) is 10.6. The minimum atomic E-state index is -0.688. The molecule has 2 amide bonds. The van der Waals surface area contributed by atoms with Crippen molar-refractivity contribution in [1.82, 2.24) is 5.32 Å². The number of anilines is 1. The summed E-state index contributed by atoms with van der Waals surface area (Å²) < 4.78 is 11.1. The van der Waals surface area contributed by atoms with Crippen molar-refractivity contribution in [3.8, 4) is 11.5 Å². The largest absolute Gasteiger partial charge is 0.497 e. The van der Waals surface area contributed by atoms with Gasteiger partial charge >= 0.3 is 0 Å². The lowest BCUT2D eigenvalue weighted by Gasteiger charge is -2.23. The Balaban J connectivity index is 1.68. The second-order valence-corrected chi connectivity index (χ2v) is 7.54. The van der Waals surface area contributed by atoms with Gasteiger partial charge in [0.05, 0.1) is 18.4 Å². The SMILES string of the molecule is CC[C@@H](Oc1cccc(OC)c1)C(=O)Nc1ccccc1C(=O)NC1CCCCC1. The molecule has 6 nitrogen and oxygen atoms in total. The zero-order valence-electron chi connectivity index (χ0n) is 17.6. The second-order valence-electron chi connectivity index (χ2n) is 7.54. The van der Waals surface area contributed by atoms with E-state index in [9.17, 15) is 9.59 Å². The van der Waals surface area contributed by atoms with Crippen LogP contribution < -0.4 is 20.1 Å². The molecule has 1 saturated carbocycles. The molecule has 1 aliphatic rings. The molecule has 0 saturated heterocycles. The summed E-state index contributed by atoms with van der Waals surface area (Å²) in [5.74, 6) is 0.768. The number of methoxy groups -OCH3 is 1. The zero-order chi connectivity index (χ0) is 21.3. The predicted molar refractivity (Wildman–Crippen MR) is 117 cm³/mol. The Morgan fingerprint density at radius 1 is 1.03 bits per heavy atom. The topological polar surface area (TPSA) is 76.7 Å². The van der Waals surface area contributed by atoms with Crippen molar-refractivity contribution in [1.29, 1.82) is 0 Å². The van der Waals surface area contributed by atoms with Gasteiger partial charge in [-0.15, -0.1) is 0 Å². The summed E-state index contributed by atoms with van der Waals surface area (Å²) in [5, 5.41) is 5.98. The Hall–Kier alpha value is -3.02. The standard InChI is InChI=1S/C24H30N2O4/c1-3-22(30-19-13-9-12-18(16-19)29-2)24(28)26-21-15-8-7-14-20(21)23(27)25-17-10-5-4-6-11-17/h7-9,12-17,22H,3-6,10-11H2,1-2H3,(H,25,27)(H,26,28)/t22-/m1/s1. The Kier molecular flexibility index (Phi) is 7.71. The molecule has 2 aromatic rings. The van der Waals surface area contributed by atoms with Crippen LogP contribution in [0.1, 0.15) is 55.8 Å². The minimum absolute atomic E-state index is 0.153. The normalized spacial score (nSPS) is 15.1. The van der Waals surface area contributed by atoms with Gasteiger partial charge in [-0.2, -0.15) is 0 Å². The van der Waals surface area contributed by atoms with Crippen LogP contribution in [-0.4, -0.2) is 31.1 Å². The van der Waals surface area contributed by atoms with Crippen molar-refractivity contribution in [2.45, 2.75) is 57.6 Å². The van der Waals surface area contributed by atoms with Gasteiger partial charge in [0.2, 0.25) is 0 Å². The number of carbonyl (C=O) groups is 2. The van der Waals surface area contributed by atoms with Crippen LogP contribution in [0.4, 0.5) is 5.69 Å². The van der Waals surface area contributed by atoms with E-state index in [1.165, 1.54) is 6.42 Å². The molecule has 0 unspecified atom stereocenters. The van der Waals surface area contributed by atoms with Gasteiger partial charge in [-0.05, 0) is 43.5 Å². The van der Waals surface area contributed by atoms with E-state index < -0.39 is 6.10 Å². The van der Waals surface area contributed by atoms with Gasteiger partial charge in [0, 0.05) is 12.1 Å². The van der Waals surface area contributed by atoms with Crippen LogP contribution in [-0.2, 0) is 4.79 Å². The van der Waals surface area contributed by atoms with Crippen molar-refractivity contribution in [3.05, 3.63) is 54.1 Å². The molecule has 0 heterocycles. The number of ether oxygens (including phenoxy) is 2. The second kappa shape index (κ2) is 10.7.